The van der Waals surface area contributed by atoms with Gasteiger partial charge >= 0.3 is 5.97 Å². The second kappa shape index (κ2) is 6.30. The highest BCUT2D eigenvalue weighted by molar-refractivity contribution is 5.92. The van der Waals surface area contributed by atoms with Crippen molar-refractivity contribution in [2.24, 2.45) is 0 Å². The van der Waals surface area contributed by atoms with E-state index in [0.717, 1.165) is 0 Å². The monoisotopic (exact) mass is 295 g/mol. The third-order valence-corrected chi connectivity index (χ3v) is 3.36. The van der Waals surface area contributed by atoms with E-state index in [1.54, 1.807) is 24.8 Å². The van der Waals surface area contributed by atoms with Crippen LogP contribution in [-0.2, 0) is 14.3 Å². The van der Waals surface area contributed by atoms with Crippen LogP contribution in [-0.4, -0.2) is 48.7 Å². The van der Waals surface area contributed by atoms with Gasteiger partial charge < -0.3 is 18.8 Å². The minimum absolute atomic E-state index is 0.00725. The summed E-state index contributed by atoms with van der Waals surface area (Å²) < 4.78 is 15.9. The Morgan fingerprint density at radius 2 is 1.90 bits per heavy atom. The predicted octanol–water partition coefficient (Wildman–Crippen LogP) is 1.69. The highest BCUT2D eigenvalue weighted by Crippen LogP contribution is 2.15. The number of carbonyl (C=O) groups is 2. The van der Waals surface area contributed by atoms with E-state index < -0.39 is 5.97 Å². The number of nitrogens with zero attached hydrogens (tertiary/aromatic N) is 1. The zero-order valence-corrected chi connectivity index (χ0v) is 12.8. The van der Waals surface area contributed by atoms with Crippen molar-refractivity contribution >= 4 is 11.9 Å². The number of rotatable bonds is 3. The Hall–Kier alpha value is -1.82. The summed E-state index contributed by atoms with van der Waals surface area (Å²) in [6.07, 6.45) is -0.0145. The van der Waals surface area contributed by atoms with Crippen LogP contribution >= 0.6 is 0 Å². The van der Waals surface area contributed by atoms with Gasteiger partial charge in [0.25, 0.3) is 5.91 Å². The van der Waals surface area contributed by atoms with Crippen LogP contribution in [0.4, 0.5) is 0 Å². The number of hydrogen-bond acceptors (Lipinski definition) is 5. The molecule has 0 radical (unpaired) electrons. The number of furan rings is 1. The Bertz CT molecular complexity index is 526. The number of esters is 1. The number of hydrogen-bond donors (Lipinski definition) is 0. The van der Waals surface area contributed by atoms with Crippen molar-refractivity contribution in [3.8, 4) is 0 Å². The van der Waals surface area contributed by atoms with Gasteiger partial charge in [-0.2, -0.15) is 0 Å². The second-order valence-electron chi connectivity index (χ2n) is 5.46. The molecule has 21 heavy (non-hydrogen) atoms. The first-order valence-corrected chi connectivity index (χ1v) is 7.04. The van der Waals surface area contributed by atoms with E-state index in [-0.39, 0.29) is 24.7 Å². The normalized spacial score (nSPS) is 22.2. The van der Waals surface area contributed by atoms with E-state index in [1.165, 1.54) is 0 Å². The first-order chi connectivity index (χ1) is 9.86. The second-order valence-corrected chi connectivity index (χ2v) is 5.46. The predicted molar refractivity (Wildman–Crippen MR) is 75.1 cm³/mol. The Kier molecular flexibility index (Phi) is 4.67. The Morgan fingerprint density at radius 1 is 1.29 bits per heavy atom. The van der Waals surface area contributed by atoms with Gasteiger partial charge in [-0.25, -0.2) is 4.79 Å². The van der Waals surface area contributed by atoms with Gasteiger partial charge in [0, 0.05) is 13.1 Å². The average Bonchev–Trinajstić information content (AvgIpc) is 2.73. The van der Waals surface area contributed by atoms with Crippen molar-refractivity contribution < 1.29 is 23.5 Å². The Balaban J connectivity index is 1.89. The van der Waals surface area contributed by atoms with Crippen molar-refractivity contribution in [1.82, 2.24) is 4.90 Å². The summed E-state index contributed by atoms with van der Waals surface area (Å²) in [5.74, 6) is 0.399. The van der Waals surface area contributed by atoms with Crippen LogP contribution in [0.3, 0.4) is 0 Å². The molecule has 2 heterocycles. The molecule has 0 N–H and O–H groups in total. The van der Waals surface area contributed by atoms with Crippen LogP contribution < -0.4 is 0 Å². The van der Waals surface area contributed by atoms with Crippen molar-refractivity contribution in [2.75, 3.05) is 19.7 Å². The molecule has 1 fully saturated rings. The lowest BCUT2D eigenvalue weighted by Gasteiger charge is -2.35. The third kappa shape index (κ3) is 3.85. The minimum Gasteiger partial charge on any atom is -0.466 e. The molecule has 0 aromatic carbocycles. The summed E-state index contributed by atoms with van der Waals surface area (Å²) in [6.45, 7) is 8.05. The lowest BCUT2D eigenvalue weighted by Crippen LogP contribution is -2.49. The zero-order valence-electron chi connectivity index (χ0n) is 12.8. The molecule has 6 heteroatoms. The number of aryl methyl sites for hydroxylation is 2. The standard InChI is InChI=1S/C15H21NO5/c1-9-5-13(12(4)21-9)15(18)19-8-14(17)16-6-10(2)20-11(3)7-16/h5,10-11H,6-8H2,1-4H3. The highest BCUT2D eigenvalue weighted by Gasteiger charge is 2.26. The average molecular weight is 295 g/mol. The van der Waals surface area contributed by atoms with Gasteiger partial charge in [0.05, 0.1) is 12.2 Å². The van der Waals surface area contributed by atoms with Crippen LogP contribution in [0.2, 0.25) is 0 Å². The van der Waals surface area contributed by atoms with Crippen molar-refractivity contribution in [3.05, 3.63) is 23.2 Å². The SMILES string of the molecule is Cc1cc(C(=O)OCC(=O)N2CC(C)OC(C)C2)c(C)o1. The van der Waals surface area contributed by atoms with Gasteiger partial charge in [-0.15, -0.1) is 0 Å². The molecule has 1 saturated heterocycles. The molecule has 116 valence electrons. The summed E-state index contributed by atoms with van der Waals surface area (Å²) in [5.41, 5.74) is 0.365. The van der Waals surface area contributed by atoms with Crippen LogP contribution in [0.25, 0.3) is 0 Å². The van der Waals surface area contributed by atoms with Crippen LogP contribution in [0, 0.1) is 13.8 Å². The lowest BCUT2D eigenvalue weighted by atomic mass is 10.2. The van der Waals surface area contributed by atoms with Crippen molar-refractivity contribution in [1.29, 1.82) is 0 Å². The first-order valence-electron chi connectivity index (χ1n) is 7.04. The van der Waals surface area contributed by atoms with E-state index in [4.69, 9.17) is 13.9 Å². The van der Waals surface area contributed by atoms with Gasteiger partial charge in [-0.3, -0.25) is 4.79 Å². The van der Waals surface area contributed by atoms with Crippen LogP contribution in [0.1, 0.15) is 35.7 Å². The van der Waals surface area contributed by atoms with Gasteiger partial charge in [-0.1, -0.05) is 0 Å². The minimum atomic E-state index is -0.535. The molecule has 0 aliphatic carbocycles. The van der Waals surface area contributed by atoms with E-state index in [2.05, 4.69) is 0 Å². The van der Waals surface area contributed by atoms with Crippen LogP contribution in [0.15, 0.2) is 10.5 Å². The summed E-state index contributed by atoms with van der Waals surface area (Å²) in [5, 5.41) is 0. The number of ether oxygens (including phenoxy) is 2. The summed E-state index contributed by atoms with van der Waals surface area (Å²) in [4.78, 5) is 25.7. The van der Waals surface area contributed by atoms with E-state index in [9.17, 15) is 9.59 Å². The zero-order chi connectivity index (χ0) is 15.6. The topological polar surface area (TPSA) is 69.0 Å². The molecule has 2 rings (SSSR count). The highest BCUT2D eigenvalue weighted by atomic mass is 16.5. The lowest BCUT2D eigenvalue weighted by molar-refractivity contribution is -0.146. The number of amides is 1. The molecular formula is C15H21NO5. The Morgan fingerprint density at radius 3 is 2.43 bits per heavy atom. The Labute approximate surface area is 124 Å². The summed E-state index contributed by atoms with van der Waals surface area (Å²) in [6, 6.07) is 1.61. The maximum absolute atomic E-state index is 12.1. The molecule has 2 unspecified atom stereocenters. The van der Waals surface area contributed by atoms with Crippen molar-refractivity contribution in [2.45, 2.75) is 39.9 Å². The fraction of sp³-hybridized carbons (Fsp3) is 0.600. The van der Waals surface area contributed by atoms with E-state index in [1.807, 2.05) is 13.8 Å². The quantitative estimate of drug-likeness (QED) is 0.794. The largest absolute Gasteiger partial charge is 0.466 e. The molecule has 1 aromatic rings. The molecule has 6 nitrogen and oxygen atoms in total. The molecule has 1 aliphatic rings. The first kappa shape index (κ1) is 15.6. The summed E-state index contributed by atoms with van der Waals surface area (Å²) in [7, 11) is 0. The van der Waals surface area contributed by atoms with Gasteiger partial charge in [0.15, 0.2) is 6.61 Å². The maximum Gasteiger partial charge on any atom is 0.342 e. The molecule has 1 amide bonds. The molecule has 1 aliphatic heterocycles. The molecule has 0 saturated carbocycles. The fourth-order valence-corrected chi connectivity index (χ4v) is 2.51. The van der Waals surface area contributed by atoms with Gasteiger partial charge in [0.2, 0.25) is 0 Å². The number of morpholine rings is 1. The third-order valence-electron chi connectivity index (χ3n) is 3.36. The molecular weight excluding hydrogens is 274 g/mol. The molecule has 2 atom stereocenters. The fourth-order valence-electron chi connectivity index (χ4n) is 2.51. The van der Waals surface area contributed by atoms with Gasteiger partial charge in [-0.05, 0) is 33.8 Å². The number of carbonyl (C=O) groups excluding carboxylic acids is 2. The van der Waals surface area contributed by atoms with Crippen LogP contribution in [0.5, 0.6) is 0 Å². The maximum atomic E-state index is 12.1. The van der Waals surface area contributed by atoms with Crippen molar-refractivity contribution in [3.63, 3.8) is 0 Å². The molecule has 0 spiro atoms. The van der Waals surface area contributed by atoms with E-state index in [0.29, 0.717) is 30.2 Å². The molecule has 1 aromatic heterocycles. The van der Waals surface area contributed by atoms with E-state index >= 15 is 0 Å². The summed E-state index contributed by atoms with van der Waals surface area (Å²) >= 11 is 0. The smallest absolute Gasteiger partial charge is 0.342 e. The van der Waals surface area contributed by atoms with Gasteiger partial charge in [0.1, 0.15) is 17.1 Å². The molecule has 0 bridgehead atoms.